The third-order valence-electron chi connectivity index (χ3n) is 3.49. The number of carbonyl (C=O) groups is 1. The molecule has 0 bridgehead atoms. The molecule has 19 heavy (non-hydrogen) atoms. The van der Waals surface area contributed by atoms with Gasteiger partial charge in [0.05, 0.1) is 5.52 Å². The summed E-state index contributed by atoms with van der Waals surface area (Å²) in [6.45, 7) is 1.00. The average Bonchev–Trinajstić information content (AvgIpc) is 2.97. The zero-order valence-corrected chi connectivity index (χ0v) is 10.3. The van der Waals surface area contributed by atoms with Gasteiger partial charge in [-0.3, -0.25) is 0 Å². The van der Waals surface area contributed by atoms with E-state index < -0.39 is 5.97 Å². The molecule has 0 aromatic carbocycles. The number of aromatic carboxylic acids is 1. The van der Waals surface area contributed by atoms with Gasteiger partial charge in [-0.15, -0.1) is 0 Å². The summed E-state index contributed by atoms with van der Waals surface area (Å²) in [5, 5.41) is 22.0. The maximum Gasteiger partial charge on any atom is 0.356 e. The number of aromatic nitrogens is 2. The van der Waals surface area contributed by atoms with Gasteiger partial charge < -0.3 is 19.9 Å². The Balaban J connectivity index is 2.06. The first kappa shape index (κ1) is 12.0. The number of nitrogens with zero attached hydrogens (tertiary/aromatic N) is 2. The van der Waals surface area contributed by atoms with Crippen molar-refractivity contribution in [2.75, 3.05) is 6.54 Å². The Morgan fingerprint density at radius 2 is 2.42 bits per heavy atom. The fraction of sp³-hybridized carbons (Fsp3) is 0.385. The van der Waals surface area contributed by atoms with E-state index >= 15 is 0 Å². The van der Waals surface area contributed by atoms with Crippen LogP contribution in [0.3, 0.4) is 0 Å². The van der Waals surface area contributed by atoms with E-state index in [1.807, 2.05) is 0 Å². The number of hydrogen-bond acceptors (Lipinski definition) is 4. The van der Waals surface area contributed by atoms with Crippen molar-refractivity contribution in [3.8, 4) is 5.75 Å². The second-order valence-corrected chi connectivity index (χ2v) is 4.82. The Kier molecular flexibility index (Phi) is 2.87. The lowest BCUT2D eigenvalue weighted by atomic mass is 10.1. The van der Waals surface area contributed by atoms with Gasteiger partial charge in [-0.2, -0.15) is 0 Å². The van der Waals surface area contributed by atoms with Gasteiger partial charge in [-0.1, -0.05) is 0 Å². The molecule has 0 amide bonds. The number of rotatable bonds is 3. The quantitative estimate of drug-likeness (QED) is 0.768. The second-order valence-electron chi connectivity index (χ2n) is 4.82. The van der Waals surface area contributed by atoms with Crippen molar-refractivity contribution < 1.29 is 15.0 Å². The van der Waals surface area contributed by atoms with Gasteiger partial charge in [-0.25, -0.2) is 9.78 Å². The second kappa shape index (κ2) is 4.55. The summed E-state index contributed by atoms with van der Waals surface area (Å²) in [5.41, 5.74) is 0.421. The molecule has 6 nitrogen and oxygen atoms in total. The van der Waals surface area contributed by atoms with Crippen LogP contribution >= 0.6 is 0 Å². The fourth-order valence-electron chi connectivity index (χ4n) is 2.59. The number of aromatic hydroxyl groups is 1. The molecule has 1 fully saturated rings. The molecule has 3 heterocycles. The molecule has 100 valence electrons. The monoisotopic (exact) mass is 261 g/mol. The summed E-state index contributed by atoms with van der Waals surface area (Å²) in [6.07, 6.45) is 4.57. The average molecular weight is 261 g/mol. The van der Waals surface area contributed by atoms with Gasteiger partial charge >= 0.3 is 5.97 Å². The topological polar surface area (TPSA) is 86.9 Å². The van der Waals surface area contributed by atoms with Gasteiger partial charge in [0.25, 0.3) is 0 Å². The highest BCUT2D eigenvalue weighted by Crippen LogP contribution is 2.20. The maximum absolute atomic E-state index is 11.2. The minimum Gasteiger partial charge on any atom is -0.508 e. The number of imidazole rings is 1. The van der Waals surface area contributed by atoms with E-state index in [0.717, 1.165) is 19.4 Å². The molecule has 1 unspecified atom stereocenters. The van der Waals surface area contributed by atoms with Crippen LogP contribution in [0, 0.1) is 0 Å². The molecule has 2 aromatic rings. The van der Waals surface area contributed by atoms with E-state index in [1.54, 1.807) is 10.6 Å². The molecule has 2 aromatic heterocycles. The lowest BCUT2D eigenvalue weighted by Crippen LogP contribution is -2.24. The molecule has 1 atom stereocenters. The SMILES string of the molecule is O=C(O)c1nc(CC2CCCN2)n2ccc(O)cc12. The van der Waals surface area contributed by atoms with E-state index in [2.05, 4.69) is 10.3 Å². The summed E-state index contributed by atoms with van der Waals surface area (Å²) in [4.78, 5) is 15.4. The number of carboxylic acid groups (broad SMARTS) is 1. The van der Waals surface area contributed by atoms with Gasteiger partial charge in [0.1, 0.15) is 11.6 Å². The van der Waals surface area contributed by atoms with Crippen LogP contribution in [0.25, 0.3) is 5.52 Å². The molecule has 0 spiro atoms. The minimum absolute atomic E-state index is 0.0103. The molecule has 6 heteroatoms. The van der Waals surface area contributed by atoms with E-state index in [0.29, 0.717) is 23.8 Å². The molecule has 0 aliphatic carbocycles. The molecule has 1 aliphatic heterocycles. The standard InChI is InChI=1S/C13H15N3O3/c17-9-3-5-16-10(7-9)12(13(18)19)15-11(16)6-8-2-1-4-14-8/h3,5,7-8,14,17H,1-2,4,6H2,(H,18,19). The molecular formula is C13H15N3O3. The van der Waals surface area contributed by atoms with Crippen molar-refractivity contribution in [3.05, 3.63) is 29.8 Å². The Hall–Kier alpha value is -2.08. The molecule has 3 rings (SSSR count). The Labute approximate surface area is 109 Å². The van der Waals surface area contributed by atoms with Crippen LogP contribution in [0.2, 0.25) is 0 Å². The van der Waals surface area contributed by atoms with E-state index in [-0.39, 0.29) is 11.4 Å². The third-order valence-corrected chi connectivity index (χ3v) is 3.49. The smallest absolute Gasteiger partial charge is 0.356 e. The van der Waals surface area contributed by atoms with Crippen molar-refractivity contribution in [2.45, 2.75) is 25.3 Å². The van der Waals surface area contributed by atoms with Crippen molar-refractivity contribution in [2.24, 2.45) is 0 Å². The van der Waals surface area contributed by atoms with Crippen LogP contribution in [0.5, 0.6) is 5.75 Å². The zero-order chi connectivity index (χ0) is 13.4. The molecule has 1 aliphatic rings. The highest BCUT2D eigenvalue weighted by molar-refractivity contribution is 5.94. The van der Waals surface area contributed by atoms with Gasteiger partial charge in [0, 0.05) is 24.7 Å². The number of nitrogens with one attached hydrogen (secondary N) is 1. The maximum atomic E-state index is 11.2. The Morgan fingerprint density at radius 1 is 1.58 bits per heavy atom. The van der Waals surface area contributed by atoms with Crippen LogP contribution in [-0.2, 0) is 6.42 Å². The summed E-state index contributed by atoms with van der Waals surface area (Å²) < 4.78 is 1.74. The summed E-state index contributed by atoms with van der Waals surface area (Å²) >= 11 is 0. The number of fused-ring (bicyclic) bond motifs is 1. The van der Waals surface area contributed by atoms with E-state index in [9.17, 15) is 15.0 Å². The lowest BCUT2D eigenvalue weighted by Gasteiger charge is -2.08. The van der Waals surface area contributed by atoms with Gasteiger partial charge in [0.2, 0.25) is 0 Å². The van der Waals surface area contributed by atoms with Crippen molar-refractivity contribution in [1.82, 2.24) is 14.7 Å². The molecule has 3 N–H and O–H groups in total. The normalized spacial score (nSPS) is 19.1. The van der Waals surface area contributed by atoms with Gasteiger partial charge in [-0.05, 0) is 25.5 Å². The van der Waals surface area contributed by atoms with Crippen LogP contribution < -0.4 is 5.32 Å². The Morgan fingerprint density at radius 3 is 3.11 bits per heavy atom. The van der Waals surface area contributed by atoms with E-state index in [1.165, 1.54) is 12.1 Å². The summed E-state index contributed by atoms with van der Waals surface area (Å²) in [5.74, 6) is -0.319. The highest BCUT2D eigenvalue weighted by atomic mass is 16.4. The molecule has 1 saturated heterocycles. The van der Waals surface area contributed by atoms with Gasteiger partial charge in [0.15, 0.2) is 5.69 Å². The summed E-state index contributed by atoms with van der Waals surface area (Å²) in [7, 11) is 0. The van der Waals surface area contributed by atoms with E-state index in [4.69, 9.17) is 0 Å². The van der Waals surface area contributed by atoms with Crippen LogP contribution in [0.1, 0.15) is 29.2 Å². The first-order valence-corrected chi connectivity index (χ1v) is 6.32. The first-order valence-electron chi connectivity index (χ1n) is 6.32. The highest BCUT2D eigenvalue weighted by Gasteiger charge is 2.21. The van der Waals surface area contributed by atoms with Crippen molar-refractivity contribution >= 4 is 11.5 Å². The number of carboxylic acids is 1. The molecule has 0 radical (unpaired) electrons. The predicted octanol–water partition coefficient (Wildman–Crippen LogP) is 1.03. The predicted molar refractivity (Wildman–Crippen MR) is 68.5 cm³/mol. The first-order chi connectivity index (χ1) is 9.15. The van der Waals surface area contributed by atoms with Crippen molar-refractivity contribution in [1.29, 1.82) is 0 Å². The molecular weight excluding hydrogens is 246 g/mol. The minimum atomic E-state index is -1.08. The number of pyridine rings is 1. The van der Waals surface area contributed by atoms with Crippen LogP contribution in [0.4, 0.5) is 0 Å². The van der Waals surface area contributed by atoms with Crippen molar-refractivity contribution in [3.63, 3.8) is 0 Å². The fourth-order valence-corrected chi connectivity index (χ4v) is 2.59. The summed E-state index contributed by atoms with van der Waals surface area (Å²) in [6, 6.07) is 3.31. The Bertz CT molecular complexity index is 629. The number of hydrogen-bond donors (Lipinski definition) is 3. The lowest BCUT2D eigenvalue weighted by molar-refractivity contribution is 0.0693. The largest absolute Gasteiger partial charge is 0.508 e. The molecule has 0 saturated carbocycles. The van der Waals surface area contributed by atoms with Crippen LogP contribution in [0.15, 0.2) is 18.3 Å². The third kappa shape index (κ3) is 2.15. The zero-order valence-electron chi connectivity index (χ0n) is 10.3. The van der Waals surface area contributed by atoms with Crippen LogP contribution in [-0.4, -0.2) is 38.2 Å².